The van der Waals surface area contributed by atoms with Crippen molar-refractivity contribution in [2.75, 3.05) is 13.2 Å². The minimum absolute atomic E-state index is 0.190. The lowest BCUT2D eigenvalue weighted by atomic mass is 10.2. The number of hydrogen-bond acceptors (Lipinski definition) is 3. The number of halogens is 2. The van der Waals surface area contributed by atoms with Crippen LogP contribution >= 0.6 is 15.9 Å². The van der Waals surface area contributed by atoms with Gasteiger partial charge in [-0.1, -0.05) is 30.3 Å². The Bertz CT molecular complexity index is 496. The Hall–Kier alpha value is -1.14. The molecule has 20 heavy (non-hydrogen) atoms. The number of ether oxygens (including phenoxy) is 2. The topological polar surface area (TPSA) is 38.8 Å². The first-order valence-electron chi connectivity index (χ1n) is 6.57. The van der Waals surface area contributed by atoms with Crippen LogP contribution in [-0.2, 0) is 16.1 Å². The summed E-state index contributed by atoms with van der Waals surface area (Å²) >= 11 is 2.98. The minimum atomic E-state index is -1.64. The van der Waals surface area contributed by atoms with Crippen LogP contribution in [0, 0.1) is 0 Å². The van der Waals surface area contributed by atoms with Gasteiger partial charge in [-0.25, -0.2) is 9.18 Å². The van der Waals surface area contributed by atoms with E-state index >= 15 is 0 Å². The van der Waals surface area contributed by atoms with Crippen molar-refractivity contribution in [1.82, 2.24) is 4.90 Å². The fourth-order valence-corrected chi connectivity index (χ4v) is 3.19. The molecule has 1 amide bonds. The first kappa shape index (κ1) is 13.8. The van der Waals surface area contributed by atoms with Crippen LogP contribution in [0.3, 0.4) is 0 Å². The summed E-state index contributed by atoms with van der Waals surface area (Å²) in [6, 6.07) is 8.82. The van der Waals surface area contributed by atoms with Crippen LogP contribution in [0.2, 0.25) is 0 Å². The molecule has 0 N–H and O–H groups in total. The van der Waals surface area contributed by atoms with Crippen LogP contribution in [0.15, 0.2) is 30.3 Å². The Morgan fingerprint density at radius 1 is 1.50 bits per heavy atom. The Morgan fingerprint density at radius 3 is 3.00 bits per heavy atom. The van der Waals surface area contributed by atoms with Crippen LogP contribution < -0.4 is 0 Å². The van der Waals surface area contributed by atoms with Gasteiger partial charge >= 0.3 is 6.09 Å². The van der Waals surface area contributed by atoms with Crippen molar-refractivity contribution in [1.29, 1.82) is 0 Å². The van der Waals surface area contributed by atoms with Crippen molar-refractivity contribution < 1.29 is 18.7 Å². The van der Waals surface area contributed by atoms with Crippen LogP contribution in [0.1, 0.15) is 12.0 Å². The third kappa shape index (κ3) is 2.54. The van der Waals surface area contributed by atoms with E-state index in [4.69, 9.17) is 9.47 Å². The number of rotatable bonds is 2. The lowest BCUT2D eigenvalue weighted by Crippen LogP contribution is -2.37. The summed E-state index contributed by atoms with van der Waals surface area (Å²) in [5.74, 6) is 0. The molecule has 3 unspecified atom stereocenters. The number of benzene rings is 1. The molecule has 0 aromatic heterocycles. The van der Waals surface area contributed by atoms with Gasteiger partial charge in [-0.05, 0) is 27.9 Å². The quantitative estimate of drug-likeness (QED) is 0.775. The monoisotopic (exact) mass is 343 g/mol. The van der Waals surface area contributed by atoms with Crippen LogP contribution in [0.4, 0.5) is 9.18 Å². The summed E-state index contributed by atoms with van der Waals surface area (Å²) in [4.78, 5) is 13.5. The molecule has 3 rings (SSSR count). The van der Waals surface area contributed by atoms with E-state index in [0.29, 0.717) is 19.6 Å². The van der Waals surface area contributed by atoms with Crippen molar-refractivity contribution in [2.24, 2.45) is 0 Å². The second-order valence-electron chi connectivity index (χ2n) is 5.00. The Kier molecular flexibility index (Phi) is 3.69. The summed E-state index contributed by atoms with van der Waals surface area (Å²) in [5.41, 5.74) is 0.907. The Morgan fingerprint density at radius 2 is 2.25 bits per heavy atom. The molecule has 2 fully saturated rings. The predicted octanol–water partition coefficient (Wildman–Crippen LogP) is 2.86. The van der Waals surface area contributed by atoms with Gasteiger partial charge < -0.3 is 9.47 Å². The SMILES string of the molecule is O=C(OCc1ccccc1)N1CCCOC2C1C2(F)Br. The van der Waals surface area contributed by atoms with Gasteiger partial charge in [-0.15, -0.1) is 0 Å². The largest absolute Gasteiger partial charge is 0.445 e. The second kappa shape index (κ2) is 5.33. The van der Waals surface area contributed by atoms with E-state index in [9.17, 15) is 9.18 Å². The van der Waals surface area contributed by atoms with Gasteiger partial charge in [-0.3, -0.25) is 4.90 Å². The van der Waals surface area contributed by atoms with Crippen LogP contribution in [0.5, 0.6) is 0 Å². The number of carbonyl (C=O) groups is 1. The van der Waals surface area contributed by atoms with E-state index in [2.05, 4.69) is 15.9 Å². The smallest absolute Gasteiger partial charge is 0.410 e. The van der Waals surface area contributed by atoms with E-state index in [-0.39, 0.29) is 6.61 Å². The van der Waals surface area contributed by atoms with Gasteiger partial charge in [0.2, 0.25) is 4.58 Å². The molecule has 1 saturated heterocycles. The summed E-state index contributed by atoms with van der Waals surface area (Å²) in [7, 11) is 0. The molecule has 2 aliphatic rings. The molecule has 6 heteroatoms. The third-order valence-corrected chi connectivity index (χ3v) is 4.49. The molecule has 0 spiro atoms. The fraction of sp³-hybridized carbons (Fsp3) is 0.500. The van der Waals surface area contributed by atoms with Gasteiger partial charge in [0, 0.05) is 13.2 Å². The van der Waals surface area contributed by atoms with Gasteiger partial charge in [0.05, 0.1) is 0 Å². The van der Waals surface area contributed by atoms with Crippen molar-refractivity contribution in [3.05, 3.63) is 35.9 Å². The van der Waals surface area contributed by atoms with Gasteiger partial charge in [-0.2, -0.15) is 0 Å². The molecule has 1 aromatic rings. The molecule has 1 aliphatic carbocycles. The molecule has 4 nitrogen and oxygen atoms in total. The molecular weight excluding hydrogens is 329 g/mol. The molecule has 0 bridgehead atoms. The average Bonchev–Trinajstić information content (AvgIpc) is 3.07. The second-order valence-corrected chi connectivity index (χ2v) is 6.21. The molecule has 1 saturated carbocycles. The fourth-order valence-electron chi connectivity index (χ4n) is 2.45. The average molecular weight is 344 g/mol. The first-order valence-corrected chi connectivity index (χ1v) is 7.37. The highest BCUT2D eigenvalue weighted by atomic mass is 79.9. The molecule has 1 heterocycles. The highest BCUT2D eigenvalue weighted by molar-refractivity contribution is 9.10. The molecule has 1 aromatic carbocycles. The highest BCUT2D eigenvalue weighted by Gasteiger charge is 2.71. The maximum atomic E-state index is 14.1. The van der Waals surface area contributed by atoms with Crippen molar-refractivity contribution in [2.45, 2.75) is 29.8 Å². The summed E-state index contributed by atoms with van der Waals surface area (Å²) in [6.07, 6.45) is -0.390. The lowest BCUT2D eigenvalue weighted by Gasteiger charge is -2.21. The summed E-state index contributed by atoms with van der Waals surface area (Å²) in [6.45, 7) is 1.10. The van der Waals surface area contributed by atoms with E-state index < -0.39 is 22.8 Å². The number of hydrogen-bond donors (Lipinski definition) is 0. The standard InChI is InChI=1S/C14H15BrFNO3/c15-14(16)11-12(14)19-8-4-7-17(11)13(18)20-9-10-5-2-1-3-6-10/h1-3,5-6,11-12H,4,7-9H2. The van der Waals surface area contributed by atoms with E-state index in [1.165, 1.54) is 4.90 Å². The van der Waals surface area contributed by atoms with Gasteiger partial charge in [0.15, 0.2) is 0 Å². The third-order valence-electron chi connectivity index (χ3n) is 3.57. The number of alkyl halides is 2. The Balaban J connectivity index is 1.62. The zero-order valence-corrected chi connectivity index (χ0v) is 12.4. The number of fused-ring (bicyclic) bond motifs is 1. The van der Waals surface area contributed by atoms with E-state index in [1.54, 1.807) is 0 Å². The Labute approximate surface area is 125 Å². The van der Waals surface area contributed by atoms with Crippen molar-refractivity contribution in [3.8, 4) is 0 Å². The number of amides is 1. The van der Waals surface area contributed by atoms with Crippen molar-refractivity contribution in [3.63, 3.8) is 0 Å². The summed E-state index contributed by atoms with van der Waals surface area (Å²) < 4.78 is 23.0. The molecule has 0 radical (unpaired) electrons. The lowest BCUT2D eigenvalue weighted by molar-refractivity contribution is 0.0897. The molecule has 3 atom stereocenters. The zero-order valence-electron chi connectivity index (χ0n) is 10.8. The molecule has 1 aliphatic heterocycles. The molecule has 108 valence electrons. The first-order chi connectivity index (χ1) is 9.60. The molecular formula is C14H15BrFNO3. The highest BCUT2D eigenvalue weighted by Crippen LogP contribution is 2.53. The number of carbonyl (C=O) groups excluding carboxylic acids is 1. The maximum absolute atomic E-state index is 14.1. The zero-order chi connectivity index (χ0) is 14.2. The predicted molar refractivity (Wildman–Crippen MR) is 74.2 cm³/mol. The summed E-state index contributed by atoms with van der Waals surface area (Å²) in [5, 5.41) is 0. The maximum Gasteiger partial charge on any atom is 0.410 e. The van der Waals surface area contributed by atoms with Gasteiger partial charge in [0.25, 0.3) is 0 Å². The normalized spacial score (nSPS) is 32.2. The number of nitrogens with zero attached hydrogens (tertiary/aromatic N) is 1. The van der Waals surface area contributed by atoms with Crippen LogP contribution in [0.25, 0.3) is 0 Å². The minimum Gasteiger partial charge on any atom is -0.445 e. The van der Waals surface area contributed by atoms with E-state index in [0.717, 1.165) is 5.56 Å². The van der Waals surface area contributed by atoms with Crippen LogP contribution in [-0.4, -0.2) is 40.9 Å². The van der Waals surface area contributed by atoms with E-state index in [1.807, 2.05) is 30.3 Å². The van der Waals surface area contributed by atoms with Crippen molar-refractivity contribution >= 4 is 22.0 Å². The van der Waals surface area contributed by atoms with Gasteiger partial charge in [0.1, 0.15) is 18.8 Å².